The van der Waals surface area contributed by atoms with Crippen molar-refractivity contribution in [3.63, 3.8) is 0 Å². The molecule has 1 atom stereocenters. The molecule has 1 aromatic rings. The zero-order valence-electron chi connectivity index (χ0n) is 12.9. The number of rotatable bonds is 6. The van der Waals surface area contributed by atoms with E-state index in [1.807, 2.05) is 13.8 Å². The smallest absolute Gasteiger partial charge is 0.279 e. The molecular weight excluding hydrogens is 273 g/mol. The summed E-state index contributed by atoms with van der Waals surface area (Å²) in [4.78, 5) is 24.1. The minimum absolute atomic E-state index is 0.0702. The molecule has 1 rings (SSSR count). The van der Waals surface area contributed by atoms with Crippen molar-refractivity contribution < 1.29 is 18.9 Å². The highest BCUT2D eigenvalue weighted by Gasteiger charge is 2.15. The molecule has 0 bridgehead atoms. The molecule has 0 aliphatic heterocycles. The minimum atomic E-state index is -0.460. The normalized spacial score (nSPS) is 12.1. The van der Waals surface area contributed by atoms with Crippen LogP contribution in [0.15, 0.2) is 18.2 Å². The van der Waals surface area contributed by atoms with E-state index in [2.05, 4.69) is 10.6 Å². The summed E-state index contributed by atoms with van der Waals surface area (Å²) in [5, 5.41) is 5.28. The largest absolute Gasteiger partial charge is 0.349 e. The molecule has 116 valence electrons. The van der Waals surface area contributed by atoms with Gasteiger partial charge in [0.25, 0.3) is 11.8 Å². The number of quaternary nitrogens is 1. The highest BCUT2D eigenvalue weighted by Crippen LogP contribution is 2.14. The molecular formula is C15H23FN3O2+. The fourth-order valence-electron chi connectivity index (χ4n) is 1.90. The van der Waals surface area contributed by atoms with Gasteiger partial charge in [0, 0.05) is 6.04 Å². The molecule has 0 radical (unpaired) electrons. The standard InChI is InChI=1S/C15H22FN3O2/c1-10(2)17-14(20)8-19(4)9-15(21)18-13-6-5-11(3)7-12(13)16/h5-7,10H,8-9H2,1-4H3,(H,17,20)(H,18,21)/p+1. The highest BCUT2D eigenvalue weighted by molar-refractivity contribution is 5.91. The lowest BCUT2D eigenvalue weighted by Crippen LogP contribution is -3.11. The van der Waals surface area contributed by atoms with Crippen LogP contribution < -0.4 is 15.5 Å². The highest BCUT2D eigenvalue weighted by atomic mass is 19.1. The summed E-state index contributed by atoms with van der Waals surface area (Å²) in [6, 6.07) is 4.69. The Morgan fingerprint density at radius 2 is 1.86 bits per heavy atom. The molecule has 21 heavy (non-hydrogen) atoms. The Balaban J connectivity index is 2.47. The summed E-state index contributed by atoms with van der Waals surface area (Å²) in [6.07, 6.45) is 0. The van der Waals surface area contributed by atoms with E-state index in [4.69, 9.17) is 0 Å². The average Bonchev–Trinajstić information content (AvgIpc) is 2.31. The predicted molar refractivity (Wildman–Crippen MR) is 79.7 cm³/mol. The van der Waals surface area contributed by atoms with Gasteiger partial charge in [-0.1, -0.05) is 6.07 Å². The number of likely N-dealkylation sites (N-methyl/N-ethyl adjacent to an activating group) is 1. The lowest BCUT2D eigenvalue weighted by molar-refractivity contribution is -0.862. The summed E-state index contributed by atoms with van der Waals surface area (Å²) >= 11 is 0. The van der Waals surface area contributed by atoms with Crippen molar-refractivity contribution >= 4 is 17.5 Å². The SMILES string of the molecule is Cc1ccc(NC(=O)C[NH+](C)CC(=O)NC(C)C)c(F)c1. The second-order valence-corrected chi connectivity index (χ2v) is 5.56. The first kappa shape index (κ1) is 17.1. The fourth-order valence-corrected chi connectivity index (χ4v) is 1.90. The first-order valence-electron chi connectivity index (χ1n) is 6.94. The van der Waals surface area contributed by atoms with Crippen LogP contribution in [0.3, 0.4) is 0 Å². The van der Waals surface area contributed by atoms with Crippen LogP contribution in [0, 0.1) is 12.7 Å². The predicted octanol–water partition coefficient (Wildman–Crippen LogP) is 0.112. The molecule has 0 heterocycles. The Morgan fingerprint density at radius 1 is 1.24 bits per heavy atom. The van der Waals surface area contributed by atoms with Crippen molar-refractivity contribution in [1.82, 2.24) is 5.32 Å². The number of nitrogens with one attached hydrogen (secondary N) is 3. The van der Waals surface area contributed by atoms with E-state index in [1.54, 1.807) is 20.0 Å². The fraction of sp³-hybridized carbons (Fsp3) is 0.467. The molecule has 0 saturated carbocycles. The van der Waals surface area contributed by atoms with Gasteiger partial charge in [-0.05, 0) is 38.5 Å². The first-order valence-corrected chi connectivity index (χ1v) is 6.94. The van der Waals surface area contributed by atoms with Gasteiger partial charge in [-0.2, -0.15) is 0 Å². The second-order valence-electron chi connectivity index (χ2n) is 5.56. The van der Waals surface area contributed by atoms with Crippen LogP contribution in [-0.4, -0.2) is 38.0 Å². The van der Waals surface area contributed by atoms with E-state index in [-0.39, 0.29) is 36.6 Å². The number of carbonyl (C=O) groups excluding carboxylic acids is 2. The molecule has 6 heteroatoms. The van der Waals surface area contributed by atoms with Crippen molar-refractivity contribution in [1.29, 1.82) is 0 Å². The van der Waals surface area contributed by atoms with E-state index in [9.17, 15) is 14.0 Å². The zero-order valence-corrected chi connectivity index (χ0v) is 12.9. The maximum Gasteiger partial charge on any atom is 0.279 e. The van der Waals surface area contributed by atoms with Crippen LogP contribution in [-0.2, 0) is 9.59 Å². The van der Waals surface area contributed by atoms with Crippen LogP contribution in [0.2, 0.25) is 0 Å². The molecule has 0 aliphatic rings. The Bertz CT molecular complexity index is 518. The first-order chi connectivity index (χ1) is 9.77. The third-order valence-corrected chi connectivity index (χ3v) is 2.77. The van der Waals surface area contributed by atoms with E-state index < -0.39 is 5.82 Å². The van der Waals surface area contributed by atoms with E-state index in [0.29, 0.717) is 0 Å². The van der Waals surface area contributed by atoms with Gasteiger partial charge < -0.3 is 15.5 Å². The number of hydrogen-bond donors (Lipinski definition) is 3. The molecule has 1 unspecified atom stereocenters. The summed E-state index contributed by atoms with van der Waals surface area (Å²) in [5.41, 5.74) is 0.948. The zero-order chi connectivity index (χ0) is 16.0. The molecule has 1 aromatic carbocycles. The Labute approximate surface area is 124 Å². The lowest BCUT2D eigenvalue weighted by Gasteiger charge is -2.15. The molecule has 0 fully saturated rings. The average molecular weight is 296 g/mol. The number of halogens is 1. The van der Waals surface area contributed by atoms with E-state index >= 15 is 0 Å². The molecule has 2 amide bonds. The number of anilines is 1. The number of benzene rings is 1. The van der Waals surface area contributed by atoms with Gasteiger partial charge in [0.15, 0.2) is 13.1 Å². The van der Waals surface area contributed by atoms with Gasteiger partial charge >= 0.3 is 0 Å². The van der Waals surface area contributed by atoms with Gasteiger partial charge in [-0.25, -0.2) is 4.39 Å². The van der Waals surface area contributed by atoms with E-state index in [0.717, 1.165) is 10.5 Å². The number of aryl methyl sites for hydroxylation is 1. The molecule has 5 nitrogen and oxygen atoms in total. The van der Waals surface area contributed by atoms with E-state index in [1.165, 1.54) is 12.1 Å². The van der Waals surface area contributed by atoms with Gasteiger partial charge in [0.2, 0.25) is 0 Å². The number of amides is 2. The maximum atomic E-state index is 13.6. The number of carbonyl (C=O) groups is 2. The van der Waals surface area contributed by atoms with Gasteiger partial charge in [0.05, 0.1) is 12.7 Å². The van der Waals surface area contributed by atoms with Crippen LogP contribution in [0.4, 0.5) is 10.1 Å². The summed E-state index contributed by atoms with van der Waals surface area (Å²) in [5.74, 6) is -0.900. The van der Waals surface area contributed by atoms with Crippen molar-refractivity contribution in [2.45, 2.75) is 26.8 Å². The lowest BCUT2D eigenvalue weighted by atomic mass is 10.2. The van der Waals surface area contributed by atoms with Crippen LogP contribution in [0.25, 0.3) is 0 Å². The topological polar surface area (TPSA) is 62.6 Å². The number of hydrogen-bond acceptors (Lipinski definition) is 2. The summed E-state index contributed by atoms with van der Waals surface area (Å²) < 4.78 is 13.6. The van der Waals surface area contributed by atoms with Gasteiger partial charge in [-0.3, -0.25) is 9.59 Å². The van der Waals surface area contributed by atoms with Crippen molar-refractivity contribution in [3.05, 3.63) is 29.6 Å². The van der Waals surface area contributed by atoms with Crippen molar-refractivity contribution in [3.8, 4) is 0 Å². The molecule has 0 aromatic heterocycles. The van der Waals surface area contributed by atoms with Gasteiger partial charge in [0.1, 0.15) is 5.82 Å². The molecule has 0 aliphatic carbocycles. The Hall–Kier alpha value is -1.95. The van der Waals surface area contributed by atoms with Crippen LogP contribution >= 0.6 is 0 Å². The van der Waals surface area contributed by atoms with Crippen LogP contribution in [0.5, 0.6) is 0 Å². The summed E-state index contributed by atoms with van der Waals surface area (Å²) in [6.45, 7) is 5.82. The van der Waals surface area contributed by atoms with Gasteiger partial charge in [-0.15, -0.1) is 0 Å². The Morgan fingerprint density at radius 3 is 2.43 bits per heavy atom. The second kappa shape index (κ2) is 7.73. The Kier molecular flexibility index (Phi) is 6.30. The van der Waals surface area contributed by atoms with Crippen LogP contribution in [0.1, 0.15) is 19.4 Å². The molecule has 3 N–H and O–H groups in total. The van der Waals surface area contributed by atoms with Crippen molar-refractivity contribution in [2.24, 2.45) is 0 Å². The molecule has 0 saturated heterocycles. The molecule has 0 spiro atoms. The van der Waals surface area contributed by atoms with Crippen molar-refractivity contribution in [2.75, 3.05) is 25.5 Å². The maximum absolute atomic E-state index is 13.6. The quantitative estimate of drug-likeness (QED) is 0.698. The third-order valence-electron chi connectivity index (χ3n) is 2.77. The third kappa shape index (κ3) is 6.35. The minimum Gasteiger partial charge on any atom is -0.349 e. The monoisotopic (exact) mass is 296 g/mol. The summed E-state index contributed by atoms with van der Waals surface area (Å²) in [7, 11) is 1.74.